The SMILES string of the molecule is Cc1ccc(C(c2ccccc2C)N2CCNCC2)s1. The van der Waals surface area contributed by atoms with E-state index in [9.17, 15) is 0 Å². The van der Waals surface area contributed by atoms with E-state index in [2.05, 4.69) is 60.5 Å². The molecule has 2 aromatic rings. The van der Waals surface area contributed by atoms with Crippen LogP contribution < -0.4 is 5.32 Å². The first-order valence-corrected chi connectivity index (χ1v) is 8.14. The molecule has 0 spiro atoms. The molecule has 1 saturated heterocycles. The van der Waals surface area contributed by atoms with Gasteiger partial charge in [0.25, 0.3) is 0 Å². The summed E-state index contributed by atoms with van der Waals surface area (Å²) in [4.78, 5) is 5.48. The average Bonchev–Trinajstić information content (AvgIpc) is 2.89. The Kier molecular flexibility index (Phi) is 4.20. The Labute approximate surface area is 125 Å². The van der Waals surface area contributed by atoms with E-state index >= 15 is 0 Å². The molecule has 3 heteroatoms. The van der Waals surface area contributed by atoms with E-state index in [0.717, 1.165) is 26.2 Å². The van der Waals surface area contributed by atoms with Gasteiger partial charge in [-0.1, -0.05) is 24.3 Å². The van der Waals surface area contributed by atoms with Crippen LogP contribution in [0.25, 0.3) is 0 Å². The molecule has 106 valence electrons. The van der Waals surface area contributed by atoms with Gasteiger partial charge >= 0.3 is 0 Å². The summed E-state index contributed by atoms with van der Waals surface area (Å²) < 4.78 is 0. The highest BCUT2D eigenvalue weighted by Gasteiger charge is 2.25. The molecule has 3 rings (SSSR count). The summed E-state index contributed by atoms with van der Waals surface area (Å²) >= 11 is 1.93. The molecule has 1 aromatic heterocycles. The van der Waals surface area contributed by atoms with Gasteiger partial charge in [0.15, 0.2) is 0 Å². The molecule has 20 heavy (non-hydrogen) atoms. The minimum Gasteiger partial charge on any atom is -0.314 e. The van der Waals surface area contributed by atoms with Crippen LogP contribution in [0.3, 0.4) is 0 Å². The van der Waals surface area contributed by atoms with Gasteiger partial charge in [-0.3, -0.25) is 4.90 Å². The molecule has 1 aliphatic heterocycles. The summed E-state index contributed by atoms with van der Waals surface area (Å²) in [7, 11) is 0. The van der Waals surface area contributed by atoms with Crippen LogP contribution in [0.5, 0.6) is 0 Å². The van der Waals surface area contributed by atoms with Crippen LogP contribution >= 0.6 is 11.3 Å². The molecule has 0 saturated carbocycles. The lowest BCUT2D eigenvalue weighted by Gasteiger charge is -2.35. The second-order valence-corrected chi connectivity index (χ2v) is 6.81. The summed E-state index contributed by atoms with van der Waals surface area (Å²) in [6.45, 7) is 8.84. The van der Waals surface area contributed by atoms with Crippen LogP contribution in [0.4, 0.5) is 0 Å². The lowest BCUT2D eigenvalue weighted by molar-refractivity contribution is 0.200. The number of hydrogen-bond acceptors (Lipinski definition) is 3. The minimum absolute atomic E-state index is 0.414. The first-order valence-electron chi connectivity index (χ1n) is 7.32. The lowest BCUT2D eigenvalue weighted by atomic mass is 9.98. The van der Waals surface area contributed by atoms with Crippen molar-refractivity contribution in [2.24, 2.45) is 0 Å². The summed E-state index contributed by atoms with van der Waals surface area (Å²) in [5.74, 6) is 0. The summed E-state index contributed by atoms with van der Waals surface area (Å²) in [5, 5.41) is 3.45. The van der Waals surface area contributed by atoms with Gasteiger partial charge in [-0.15, -0.1) is 11.3 Å². The molecule has 0 amide bonds. The Balaban J connectivity index is 2.01. The van der Waals surface area contributed by atoms with E-state index in [0.29, 0.717) is 6.04 Å². The minimum atomic E-state index is 0.414. The van der Waals surface area contributed by atoms with E-state index in [-0.39, 0.29) is 0 Å². The number of rotatable bonds is 3. The van der Waals surface area contributed by atoms with Gasteiger partial charge in [0.1, 0.15) is 0 Å². The number of thiophene rings is 1. The Morgan fingerprint density at radius 3 is 2.45 bits per heavy atom. The van der Waals surface area contributed by atoms with Crippen molar-refractivity contribution in [1.82, 2.24) is 10.2 Å². The van der Waals surface area contributed by atoms with Crippen molar-refractivity contribution in [3.8, 4) is 0 Å². The fraction of sp³-hybridized carbons (Fsp3) is 0.412. The fourth-order valence-electron chi connectivity index (χ4n) is 2.96. The van der Waals surface area contributed by atoms with Crippen molar-refractivity contribution in [2.45, 2.75) is 19.9 Å². The Hall–Kier alpha value is -1.16. The van der Waals surface area contributed by atoms with E-state index in [1.807, 2.05) is 11.3 Å². The quantitative estimate of drug-likeness (QED) is 0.931. The van der Waals surface area contributed by atoms with Gasteiger partial charge in [-0.2, -0.15) is 0 Å². The predicted octanol–water partition coefficient (Wildman–Crippen LogP) is 3.36. The molecule has 0 aliphatic carbocycles. The molecule has 1 fully saturated rings. The molecule has 1 aromatic carbocycles. The number of piperazine rings is 1. The first-order chi connectivity index (χ1) is 9.75. The molecule has 0 radical (unpaired) electrons. The third-order valence-corrected chi connectivity index (χ3v) is 5.08. The molecule has 1 atom stereocenters. The van der Waals surface area contributed by atoms with Crippen molar-refractivity contribution < 1.29 is 0 Å². The Morgan fingerprint density at radius 1 is 1.05 bits per heavy atom. The lowest BCUT2D eigenvalue weighted by Crippen LogP contribution is -2.45. The zero-order valence-electron chi connectivity index (χ0n) is 12.2. The van der Waals surface area contributed by atoms with Gasteiger partial charge in [-0.25, -0.2) is 0 Å². The van der Waals surface area contributed by atoms with Gasteiger partial charge in [0.2, 0.25) is 0 Å². The average molecular weight is 286 g/mol. The predicted molar refractivity (Wildman–Crippen MR) is 86.5 cm³/mol. The number of hydrogen-bond donors (Lipinski definition) is 1. The van der Waals surface area contributed by atoms with E-state index in [1.54, 1.807) is 0 Å². The molecule has 2 heterocycles. The maximum atomic E-state index is 3.45. The van der Waals surface area contributed by atoms with Crippen LogP contribution in [0, 0.1) is 13.8 Å². The number of benzene rings is 1. The van der Waals surface area contributed by atoms with Gasteiger partial charge < -0.3 is 5.32 Å². The van der Waals surface area contributed by atoms with Crippen LogP contribution in [-0.4, -0.2) is 31.1 Å². The molecule has 1 N–H and O–H groups in total. The van der Waals surface area contributed by atoms with Gasteiger partial charge in [-0.05, 0) is 37.1 Å². The van der Waals surface area contributed by atoms with Crippen LogP contribution in [0.2, 0.25) is 0 Å². The summed E-state index contributed by atoms with van der Waals surface area (Å²) in [5.41, 5.74) is 2.85. The molecule has 2 nitrogen and oxygen atoms in total. The maximum absolute atomic E-state index is 3.45. The Bertz CT molecular complexity index is 570. The molecule has 1 unspecified atom stereocenters. The zero-order chi connectivity index (χ0) is 13.9. The maximum Gasteiger partial charge on any atom is 0.0699 e. The number of aryl methyl sites for hydroxylation is 2. The zero-order valence-corrected chi connectivity index (χ0v) is 13.0. The number of nitrogens with zero attached hydrogens (tertiary/aromatic N) is 1. The highest BCUT2D eigenvalue weighted by atomic mass is 32.1. The molecule has 1 aliphatic rings. The van der Waals surface area contributed by atoms with Crippen molar-refractivity contribution in [3.63, 3.8) is 0 Å². The second-order valence-electron chi connectivity index (χ2n) is 5.49. The summed E-state index contributed by atoms with van der Waals surface area (Å²) in [6.07, 6.45) is 0. The largest absolute Gasteiger partial charge is 0.314 e. The van der Waals surface area contributed by atoms with E-state index in [1.165, 1.54) is 20.9 Å². The van der Waals surface area contributed by atoms with Crippen molar-refractivity contribution in [3.05, 3.63) is 57.3 Å². The van der Waals surface area contributed by atoms with Crippen LogP contribution in [-0.2, 0) is 0 Å². The first kappa shape index (κ1) is 13.8. The third-order valence-electron chi connectivity index (χ3n) is 4.03. The van der Waals surface area contributed by atoms with Crippen molar-refractivity contribution in [1.29, 1.82) is 0 Å². The van der Waals surface area contributed by atoms with Crippen LogP contribution in [0.1, 0.15) is 26.9 Å². The third kappa shape index (κ3) is 2.80. The highest BCUT2D eigenvalue weighted by molar-refractivity contribution is 7.12. The standard InChI is InChI=1S/C17H22N2S/c1-13-5-3-4-6-15(13)17(16-8-7-14(2)20-16)19-11-9-18-10-12-19/h3-8,17-18H,9-12H2,1-2H3. The van der Waals surface area contributed by atoms with Crippen molar-refractivity contribution in [2.75, 3.05) is 26.2 Å². The summed E-state index contributed by atoms with van der Waals surface area (Å²) in [6, 6.07) is 13.8. The van der Waals surface area contributed by atoms with Gasteiger partial charge in [0.05, 0.1) is 6.04 Å². The van der Waals surface area contributed by atoms with Crippen LogP contribution in [0.15, 0.2) is 36.4 Å². The molecular weight excluding hydrogens is 264 g/mol. The number of nitrogens with one attached hydrogen (secondary N) is 1. The van der Waals surface area contributed by atoms with E-state index < -0.39 is 0 Å². The van der Waals surface area contributed by atoms with E-state index in [4.69, 9.17) is 0 Å². The second kappa shape index (κ2) is 6.08. The fourth-order valence-corrected chi connectivity index (χ4v) is 4.00. The highest BCUT2D eigenvalue weighted by Crippen LogP contribution is 2.34. The van der Waals surface area contributed by atoms with Crippen molar-refractivity contribution >= 4 is 11.3 Å². The van der Waals surface area contributed by atoms with Gasteiger partial charge in [0, 0.05) is 35.9 Å². The molecule has 0 bridgehead atoms. The normalized spacial score (nSPS) is 18.1. The monoisotopic (exact) mass is 286 g/mol. The Morgan fingerprint density at radius 2 is 1.80 bits per heavy atom. The topological polar surface area (TPSA) is 15.3 Å². The smallest absolute Gasteiger partial charge is 0.0699 e. The molecular formula is C17H22N2S.